The molecule has 1 aliphatic rings. The van der Waals surface area contributed by atoms with Gasteiger partial charge in [0.05, 0.1) is 16.7 Å². The van der Waals surface area contributed by atoms with E-state index in [2.05, 4.69) is 9.97 Å². The van der Waals surface area contributed by atoms with E-state index in [0.717, 1.165) is 26.5 Å². The standard InChI is InChI=1S/C25H15N3O2S/c29-23-17-10-6-9-16-21(31-25-26-19-11-4-5-12-20(19)27-25)14-13-18(22(16)17)24(30)28(23)15-7-2-1-3-8-15/h1-14H,(H,26,27). The molecule has 0 spiro atoms. The molecule has 2 amide bonds. The summed E-state index contributed by atoms with van der Waals surface area (Å²) >= 11 is 1.49. The fourth-order valence-electron chi connectivity index (χ4n) is 4.05. The second-order valence-electron chi connectivity index (χ2n) is 7.28. The van der Waals surface area contributed by atoms with Crippen molar-refractivity contribution in [1.82, 2.24) is 9.97 Å². The number of hydrogen-bond donors (Lipinski definition) is 1. The van der Waals surface area contributed by atoms with Crippen LogP contribution in [0.2, 0.25) is 0 Å². The largest absolute Gasteiger partial charge is 0.333 e. The molecule has 0 aliphatic carbocycles. The molecule has 0 radical (unpaired) electrons. The molecule has 6 rings (SSSR count). The molecule has 148 valence electrons. The third-order valence-corrected chi connectivity index (χ3v) is 6.42. The lowest BCUT2D eigenvalue weighted by Crippen LogP contribution is -2.40. The quantitative estimate of drug-likeness (QED) is 0.381. The lowest BCUT2D eigenvalue weighted by Gasteiger charge is -2.27. The molecular formula is C25H15N3O2S. The Morgan fingerprint density at radius 2 is 1.48 bits per heavy atom. The van der Waals surface area contributed by atoms with Crippen molar-refractivity contribution < 1.29 is 9.59 Å². The first-order chi connectivity index (χ1) is 15.2. The van der Waals surface area contributed by atoms with Gasteiger partial charge in [-0.1, -0.05) is 54.2 Å². The highest BCUT2D eigenvalue weighted by Gasteiger charge is 2.34. The number of benzene rings is 4. The molecular weight excluding hydrogens is 406 g/mol. The number of imide groups is 1. The molecule has 0 unspecified atom stereocenters. The van der Waals surface area contributed by atoms with Crippen LogP contribution in [0.25, 0.3) is 21.8 Å². The molecule has 2 heterocycles. The van der Waals surface area contributed by atoms with Crippen LogP contribution in [0.15, 0.2) is 95.0 Å². The Morgan fingerprint density at radius 3 is 2.29 bits per heavy atom. The average molecular weight is 421 g/mol. The molecule has 0 saturated heterocycles. The lowest BCUT2D eigenvalue weighted by atomic mass is 9.93. The zero-order valence-electron chi connectivity index (χ0n) is 16.2. The number of imidazole rings is 1. The summed E-state index contributed by atoms with van der Waals surface area (Å²) in [5.41, 5.74) is 3.50. The Hall–Kier alpha value is -3.90. The zero-order chi connectivity index (χ0) is 20.9. The van der Waals surface area contributed by atoms with Crippen LogP contribution in [0.4, 0.5) is 5.69 Å². The maximum Gasteiger partial charge on any atom is 0.265 e. The third-order valence-electron chi connectivity index (χ3n) is 5.46. The van der Waals surface area contributed by atoms with Gasteiger partial charge in [0, 0.05) is 21.4 Å². The summed E-state index contributed by atoms with van der Waals surface area (Å²) in [5, 5.41) is 2.34. The number of aromatic amines is 1. The van der Waals surface area contributed by atoms with Gasteiger partial charge in [0.15, 0.2) is 5.16 Å². The molecule has 6 heteroatoms. The summed E-state index contributed by atoms with van der Waals surface area (Å²) in [6, 6.07) is 26.2. The van der Waals surface area contributed by atoms with Gasteiger partial charge in [-0.3, -0.25) is 9.59 Å². The van der Waals surface area contributed by atoms with Crippen molar-refractivity contribution in [1.29, 1.82) is 0 Å². The Morgan fingerprint density at radius 1 is 0.742 bits per heavy atom. The van der Waals surface area contributed by atoms with E-state index in [-0.39, 0.29) is 11.8 Å². The maximum absolute atomic E-state index is 13.3. The summed E-state index contributed by atoms with van der Waals surface area (Å²) in [4.78, 5) is 36.7. The van der Waals surface area contributed by atoms with Gasteiger partial charge in [0.1, 0.15) is 0 Å². The minimum atomic E-state index is -0.305. The number of para-hydroxylation sites is 3. The van der Waals surface area contributed by atoms with Crippen LogP contribution in [-0.2, 0) is 0 Å². The van der Waals surface area contributed by atoms with Crippen LogP contribution < -0.4 is 4.90 Å². The Labute approximate surface area is 181 Å². The summed E-state index contributed by atoms with van der Waals surface area (Å²) in [6.45, 7) is 0. The number of aromatic nitrogens is 2. The normalized spacial score (nSPS) is 13.4. The van der Waals surface area contributed by atoms with Gasteiger partial charge in [0.25, 0.3) is 11.8 Å². The number of fused-ring (bicyclic) bond motifs is 1. The molecule has 0 bridgehead atoms. The smallest absolute Gasteiger partial charge is 0.265 e. The van der Waals surface area contributed by atoms with Gasteiger partial charge in [-0.25, -0.2) is 9.88 Å². The van der Waals surface area contributed by atoms with Crippen molar-refractivity contribution in [3.63, 3.8) is 0 Å². The van der Waals surface area contributed by atoms with Crippen molar-refractivity contribution in [3.8, 4) is 0 Å². The first-order valence-electron chi connectivity index (χ1n) is 9.83. The highest BCUT2D eigenvalue weighted by molar-refractivity contribution is 7.99. The van der Waals surface area contributed by atoms with E-state index in [0.29, 0.717) is 22.2 Å². The van der Waals surface area contributed by atoms with Crippen molar-refractivity contribution in [2.24, 2.45) is 0 Å². The van der Waals surface area contributed by atoms with E-state index in [1.54, 1.807) is 18.2 Å². The summed E-state index contributed by atoms with van der Waals surface area (Å²) in [5.74, 6) is -0.611. The Balaban J connectivity index is 1.49. The second-order valence-corrected chi connectivity index (χ2v) is 8.31. The fraction of sp³-hybridized carbons (Fsp3) is 0. The van der Waals surface area contributed by atoms with Gasteiger partial charge < -0.3 is 4.98 Å². The van der Waals surface area contributed by atoms with Crippen molar-refractivity contribution in [3.05, 3.63) is 96.1 Å². The highest BCUT2D eigenvalue weighted by Crippen LogP contribution is 2.39. The van der Waals surface area contributed by atoms with Gasteiger partial charge in [0.2, 0.25) is 0 Å². The summed E-state index contributed by atoms with van der Waals surface area (Å²) in [6.07, 6.45) is 0. The van der Waals surface area contributed by atoms with E-state index in [1.165, 1.54) is 16.7 Å². The number of hydrogen-bond acceptors (Lipinski definition) is 4. The number of H-pyrrole nitrogens is 1. The zero-order valence-corrected chi connectivity index (χ0v) is 17.0. The van der Waals surface area contributed by atoms with Crippen molar-refractivity contribution >= 4 is 51.1 Å². The highest BCUT2D eigenvalue weighted by atomic mass is 32.2. The summed E-state index contributed by atoms with van der Waals surface area (Å²) in [7, 11) is 0. The number of carbonyl (C=O) groups is 2. The molecule has 1 aromatic heterocycles. The van der Waals surface area contributed by atoms with Crippen molar-refractivity contribution in [2.75, 3.05) is 4.90 Å². The van der Waals surface area contributed by atoms with E-state index in [9.17, 15) is 9.59 Å². The molecule has 1 aliphatic heterocycles. The third kappa shape index (κ3) is 2.76. The number of anilines is 1. The molecule has 5 nitrogen and oxygen atoms in total. The van der Waals surface area contributed by atoms with Crippen LogP contribution >= 0.6 is 11.8 Å². The molecule has 5 aromatic rings. The van der Waals surface area contributed by atoms with Gasteiger partial charge in [-0.15, -0.1) is 0 Å². The van der Waals surface area contributed by atoms with Crippen LogP contribution in [0.1, 0.15) is 20.7 Å². The van der Waals surface area contributed by atoms with Crippen molar-refractivity contribution in [2.45, 2.75) is 10.1 Å². The number of nitrogens with one attached hydrogen (secondary N) is 1. The van der Waals surface area contributed by atoms with Crippen LogP contribution in [0.5, 0.6) is 0 Å². The minimum absolute atomic E-state index is 0.305. The molecule has 4 aromatic carbocycles. The van der Waals surface area contributed by atoms with Gasteiger partial charge in [-0.05, 0) is 47.9 Å². The number of rotatable bonds is 3. The van der Waals surface area contributed by atoms with E-state index in [4.69, 9.17) is 0 Å². The lowest BCUT2D eigenvalue weighted by molar-refractivity contribution is 0.0893. The Kier molecular flexibility index (Phi) is 3.94. The van der Waals surface area contributed by atoms with Crippen LogP contribution in [0, 0.1) is 0 Å². The summed E-state index contributed by atoms with van der Waals surface area (Å²) < 4.78 is 0. The topological polar surface area (TPSA) is 66.1 Å². The van der Waals surface area contributed by atoms with Crippen LogP contribution in [-0.4, -0.2) is 21.8 Å². The average Bonchev–Trinajstić information content (AvgIpc) is 3.21. The number of amides is 2. The molecule has 0 atom stereocenters. The number of nitrogens with zero attached hydrogens (tertiary/aromatic N) is 2. The van der Waals surface area contributed by atoms with Gasteiger partial charge in [-0.2, -0.15) is 0 Å². The molecule has 0 fully saturated rings. The maximum atomic E-state index is 13.3. The van der Waals surface area contributed by atoms with Gasteiger partial charge >= 0.3 is 0 Å². The van der Waals surface area contributed by atoms with Crippen LogP contribution in [0.3, 0.4) is 0 Å². The van der Waals surface area contributed by atoms with E-state index < -0.39 is 0 Å². The SMILES string of the molecule is O=C1c2cccc3c(Sc4nc5ccccc5[nH]4)ccc(c23)C(=O)N1c1ccccc1. The predicted octanol–water partition coefficient (Wildman–Crippen LogP) is 5.67. The first kappa shape index (κ1) is 17.9. The van der Waals surface area contributed by atoms with E-state index in [1.807, 2.05) is 66.7 Å². The number of carbonyl (C=O) groups excluding carboxylic acids is 2. The predicted molar refractivity (Wildman–Crippen MR) is 122 cm³/mol. The fourth-order valence-corrected chi connectivity index (χ4v) is 4.98. The minimum Gasteiger partial charge on any atom is -0.333 e. The molecule has 0 saturated carbocycles. The molecule has 31 heavy (non-hydrogen) atoms. The Bertz CT molecular complexity index is 1450. The monoisotopic (exact) mass is 421 g/mol. The molecule has 1 N–H and O–H groups in total. The first-order valence-corrected chi connectivity index (χ1v) is 10.6. The van der Waals surface area contributed by atoms with E-state index >= 15 is 0 Å². The second kappa shape index (κ2) is 6.82.